The number of halogens is 1. The van der Waals surface area contributed by atoms with E-state index in [4.69, 9.17) is 11.6 Å². The van der Waals surface area contributed by atoms with Crippen molar-refractivity contribution < 1.29 is 4.79 Å². The third-order valence-electron chi connectivity index (χ3n) is 2.23. The Bertz CT molecular complexity index is 561. The summed E-state index contributed by atoms with van der Waals surface area (Å²) in [6.07, 6.45) is 0.638. The van der Waals surface area contributed by atoms with E-state index < -0.39 is 0 Å². The first-order valence-corrected chi connectivity index (χ1v) is 6.79. The van der Waals surface area contributed by atoms with Gasteiger partial charge in [-0.05, 0) is 13.8 Å². The Hall–Kier alpha value is -1.67. The summed E-state index contributed by atoms with van der Waals surface area (Å²) in [5, 5.41) is 12.6. The third-order valence-corrected chi connectivity index (χ3v) is 3.74. The van der Waals surface area contributed by atoms with Gasteiger partial charge in [0.05, 0.1) is 10.7 Å². The Kier molecular flexibility index (Phi) is 4.33. The van der Waals surface area contributed by atoms with Crippen molar-refractivity contribution in [2.75, 3.05) is 11.9 Å². The molecule has 0 saturated carbocycles. The van der Waals surface area contributed by atoms with Gasteiger partial charge < -0.3 is 5.32 Å². The van der Waals surface area contributed by atoms with Gasteiger partial charge in [0.2, 0.25) is 5.95 Å². The highest BCUT2D eigenvalue weighted by molar-refractivity contribution is 7.16. The van der Waals surface area contributed by atoms with Crippen LogP contribution in [0.2, 0.25) is 4.34 Å². The molecule has 2 amide bonds. The molecule has 9 heteroatoms. The first-order valence-electron chi connectivity index (χ1n) is 5.60. The second-order valence-corrected chi connectivity index (χ2v) is 5.53. The minimum Gasteiger partial charge on any atom is -0.337 e. The summed E-state index contributed by atoms with van der Waals surface area (Å²) in [6, 6.07) is -0.349. The van der Waals surface area contributed by atoms with Crippen molar-refractivity contribution in [2.45, 2.75) is 20.3 Å². The van der Waals surface area contributed by atoms with E-state index in [0.29, 0.717) is 23.1 Å². The zero-order valence-electron chi connectivity index (χ0n) is 10.5. The predicted molar refractivity (Wildman–Crippen MR) is 73.7 cm³/mol. The Labute approximate surface area is 118 Å². The number of amides is 2. The van der Waals surface area contributed by atoms with Crippen molar-refractivity contribution in [1.82, 2.24) is 25.5 Å². The maximum absolute atomic E-state index is 11.5. The van der Waals surface area contributed by atoms with E-state index in [9.17, 15) is 4.79 Å². The van der Waals surface area contributed by atoms with E-state index in [1.165, 1.54) is 11.3 Å². The van der Waals surface area contributed by atoms with E-state index in [1.54, 1.807) is 6.92 Å². The number of rotatable bonds is 4. The molecule has 102 valence electrons. The minimum absolute atomic E-state index is 0.253. The van der Waals surface area contributed by atoms with E-state index in [1.807, 2.05) is 6.92 Å². The van der Waals surface area contributed by atoms with Gasteiger partial charge in [0.1, 0.15) is 10.2 Å². The van der Waals surface area contributed by atoms with Crippen LogP contribution in [0.4, 0.5) is 10.7 Å². The molecule has 2 heterocycles. The third kappa shape index (κ3) is 3.90. The molecule has 0 radical (unpaired) electrons. The summed E-state index contributed by atoms with van der Waals surface area (Å²) < 4.78 is 0.690. The molecule has 0 spiro atoms. The maximum atomic E-state index is 11.5. The largest absolute Gasteiger partial charge is 0.337 e. The Balaban J connectivity index is 1.75. The Morgan fingerprint density at radius 2 is 2.21 bits per heavy atom. The van der Waals surface area contributed by atoms with E-state index in [-0.39, 0.29) is 12.0 Å². The van der Waals surface area contributed by atoms with Crippen LogP contribution in [-0.2, 0) is 6.42 Å². The number of thiazole rings is 1. The molecule has 0 saturated heterocycles. The Morgan fingerprint density at radius 1 is 1.42 bits per heavy atom. The molecular weight excluding hydrogens is 288 g/mol. The van der Waals surface area contributed by atoms with Gasteiger partial charge in [0.15, 0.2) is 0 Å². The van der Waals surface area contributed by atoms with Crippen LogP contribution in [-0.4, -0.2) is 32.7 Å². The first-order chi connectivity index (χ1) is 9.04. The lowest BCUT2D eigenvalue weighted by molar-refractivity contribution is 0.252. The number of hydrogen-bond acceptors (Lipinski definition) is 5. The van der Waals surface area contributed by atoms with Crippen LogP contribution >= 0.6 is 22.9 Å². The van der Waals surface area contributed by atoms with Crippen molar-refractivity contribution in [1.29, 1.82) is 0 Å². The second kappa shape index (κ2) is 5.98. The van der Waals surface area contributed by atoms with Crippen molar-refractivity contribution >= 4 is 34.9 Å². The normalized spacial score (nSPS) is 10.5. The number of aryl methyl sites for hydroxylation is 2. The summed E-state index contributed by atoms with van der Waals surface area (Å²) in [5.41, 5.74) is 0.822. The van der Waals surface area contributed by atoms with Gasteiger partial charge in [-0.25, -0.2) is 9.78 Å². The van der Waals surface area contributed by atoms with Crippen LogP contribution in [0, 0.1) is 13.8 Å². The van der Waals surface area contributed by atoms with Gasteiger partial charge in [0.25, 0.3) is 0 Å². The monoisotopic (exact) mass is 300 g/mol. The number of aromatic amines is 1. The summed E-state index contributed by atoms with van der Waals surface area (Å²) in [6.45, 7) is 4.08. The number of hydrogen-bond donors (Lipinski definition) is 3. The lowest BCUT2D eigenvalue weighted by atomic mass is 10.4. The van der Waals surface area contributed by atoms with Crippen molar-refractivity contribution in [3.8, 4) is 0 Å². The highest BCUT2D eigenvalue weighted by Crippen LogP contribution is 2.23. The summed E-state index contributed by atoms with van der Waals surface area (Å²) in [5.74, 6) is 0.895. The second-order valence-electron chi connectivity index (χ2n) is 3.84. The molecule has 2 aromatic heterocycles. The molecular formula is C10H13ClN6OS. The van der Waals surface area contributed by atoms with E-state index >= 15 is 0 Å². The summed E-state index contributed by atoms with van der Waals surface area (Å²) in [4.78, 5) is 19.8. The molecule has 0 atom stereocenters. The molecule has 0 aliphatic heterocycles. The molecule has 2 aromatic rings. The molecule has 0 aliphatic rings. The minimum atomic E-state index is -0.349. The number of urea groups is 1. The molecule has 3 N–H and O–H groups in total. The van der Waals surface area contributed by atoms with Gasteiger partial charge in [-0.15, -0.1) is 16.4 Å². The molecule has 19 heavy (non-hydrogen) atoms. The van der Waals surface area contributed by atoms with Gasteiger partial charge in [-0.3, -0.25) is 10.4 Å². The van der Waals surface area contributed by atoms with Crippen LogP contribution in [0.3, 0.4) is 0 Å². The molecule has 0 aromatic carbocycles. The number of H-pyrrole nitrogens is 1. The van der Waals surface area contributed by atoms with Crippen LogP contribution in [0.15, 0.2) is 0 Å². The smallest absolute Gasteiger partial charge is 0.321 e. The fourth-order valence-corrected chi connectivity index (χ4v) is 2.46. The van der Waals surface area contributed by atoms with E-state index in [0.717, 1.165) is 10.7 Å². The van der Waals surface area contributed by atoms with Crippen molar-refractivity contribution in [3.05, 3.63) is 20.9 Å². The van der Waals surface area contributed by atoms with Gasteiger partial charge in [0, 0.05) is 13.0 Å². The maximum Gasteiger partial charge on any atom is 0.321 e. The Morgan fingerprint density at radius 3 is 2.79 bits per heavy atom. The molecule has 0 unspecified atom stereocenters. The average Bonchev–Trinajstić information content (AvgIpc) is 2.86. The summed E-state index contributed by atoms with van der Waals surface area (Å²) >= 11 is 7.34. The standard InChI is InChI=1S/C10H13ClN6OS/c1-5-8(11)19-7(13-5)3-4-12-10(18)15-9-14-6(2)16-17-9/h3-4H2,1-2H3,(H3,12,14,15,16,17,18). The van der Waals surface area contributed by atoms with Crippen LogP contribution in [0.25, 0.3) is 0 Å². The highest BCUT2D eigenvalue weighted by Gasteiger charge is 2.07. The van der Waals surface area contributed by atoms with Crippen molar-refractivity contribution in [2.24, 2.45) is 0 Å². The number of carbonyl (C=O) groups excluding carboxylic acids is 1. The zero-order valence-corrected chi connectivity index (χ0v) is 12.0. The number of carbonyl (C=O) groups is 1. The summed E-state index contributed by atoms with van der Waals surface area (Å²) in [7, 11) is 0. The SMILES string of the molecule is Cc1nc(NC(=O)NCCc2nc(C)c(Cl)s2)n[nH]1. The highest BCUT2D eigenvalue weighted by atomic mass is 35.5. The number of aromatic nitrogens is 4. The van der Waals surface area contributed by atoms with Gasteiger partial charge >= 0.3 is 6.03 Å². The van der Waals surface area contributed by atoms with Crippen molar-refractivity contribution in [3.63, 3.8) is 0 Å². The quantitative estimate of drug-likeness (QED) is 0.803. The predicted octanol–water partition coefficient (Wildman–Crippen LogP) is 1.90. The van der Waals surface area contributed by atoms with Gasteiger partial charge in [-0.1, -0.05) is 11.6 Å². The lowest BCUT2D eigenvalue weighted by Crippen LogP contribution is -2.30. The molecule has 0 bridgehead atoms. The van der Waals surface area contributed by atoms with Crippen LogP contribution < -0.4 is 10.6 Å². The average molecular weight is 301 g/mol. The number of anilines is 1. The fraction of sp³-hybridized carbons (Fsp3) is 0.400. The van der Waals surface area contributed by atoms with Crippen LogP contribution in [0.5, 0.6) is 0 Å². The lowest BCUT2D eigenvalue weighted by Gasteiger charge is -2.02. The molecule has 2 rings (SSSR count). The first kappa shape index (κ1) is 13.8. The molecule has 7 nitrogen and oxygen atoms in total. The molecule has 0 fully saturated rings. The topological polar surface area (TPSA) is 95.6 Å². The van der Waals surface area contributed by atoms with Gasteiger partial charge in [-0.2, -0.15) is 4.98 Å². The number of nitrogens with zero attached hydrogens (tertiary/aromatic N) is 3. The van der Waals surface area contributed by atoms with Crippen LogP contribution in [0.1, 0.15) is 16.5 Å². The number of nitrogens with one attached hydrogen (secondary N) is 3. The zero-order chi connectivity index (χ0) is 13.8. The van der Waals surface area contributed by atoms with E-state index in [2.05, 4.69) is 30.8 Å². The fourth-order valence-electron chi connectivity index (χ4n) is 1.37. The molecule has 0 aliphatic carbocycles.